The molecule has 0 aliphatic rings. The van der Waals surface area contributed by atoms with E-state index >= 15 is 0 Å². The molecule has 0 bridgehead atoms. The van der Waals surface area contributed by atoms with Gasteiger partial charge >= 0.3 is 0 Å². The summed E-state index contributed by atoms with van der Waals surface area (Å²) in [6.45, 7) is 15.2. The molecule has 0 unspecified atom stereocenters. The molecule has 4 aromatic rings. The molecule has 2 aromatic carbocycles. The number of aryl methyl sites for hydroxylation is 1. The molecule has 2 aromatic heterocycles. The molecule has 0 fully saturated rings. The van der Waals surface area contributed by atoms with Gasteiger partial charge in [-0.3, -0.25) is 4.68 Å². The largest absolute Gasteiger partial charge is 0.266 e. The molecule has 0 amide bonds. The van der Waals surface area contributed by atoms with Gasteiger partial charge in [0.25, 0.3) is 0 Å². The van der Waals surface area contributed by atoms with Gasteiger partial charge in [-0.15, -0.1) is 11.3 Å². The topological polar surface area (TPSA) is 30.7 Å². The van der Waals surface area contributed by atoms with Gasteiger partial charge in [-0.05, 0) is 36.1 Å². The summed E-state index contributed by atoms with van der Waals surface area (Å²) in [5.74, 6) is 0.659. The van der Waals surface area contributed by atoms with Crippen molar-refractivity contribution in [3.05, 3.63) is 83.1 Å². The molecule has 0 saturated heterocycles. The van der Waals surface area contributed by atoms with Crippen LogP contribution in [0.15, 0.2) is 67.0 Å². The molecule has 2 heterocycles. The van der Waals surface area contributed by atoms with Gasteiger partial charge in [0.2, 0.25) is 0 Å². The fourth-order valence-corrected chi connectivity index (χ4v) is 3.48. The molecule has 0 radical (unpaired) electrons. The molecular weight excluding hydrogens is 374 g/mol. The minimum Gasteiger partial charge on any atom is -0.266 e. The van der Waals surface area contributed by atoms with E-state index < -0.39 is 0 Å². The van der Waals surface area contributed by atoms with Crippen LogP contribution in [0, 0.1) is 6.92 Å². The van der Waals surface area contributed by atoms with E-state index in [-0.39, 0.29) is 0 Å². The first-order valence-electron chi connectivity index (χ1n) is 10.5. The predicted octanol–water partition coefficient (Wildman–Crippen LogP) is 7.71. The molecule has 0 N–H and O–H groups in total. The fourth-order valence-electron chi connectivity index (χ4n) is 2.52. The van der Waals surface area contributed by atoms with E-state index in [0.717, 1.165) is 17.1 Å². The third-order valence-corrected chi connectivity index (χ3v) is 4.89. The smallest absolute Gasteiger partial charge is 0.115 e. The van der Waals surface area contributed by atoms with Crippen LogP contribution in [0.5, 0.6) is 0 Å². The van der Waals surface area contributed by atoms with Gasteiger partial charge in [-0.2, -0.15) is 5.10 Å². The quantitative estimate of drug-likeness (QED) is 0.347. The van der Waals surface area contributed by atoms with E-state index in [0.29, 0.717) is 5.92 Å². The number of aromatic nitrogens is 3. The van der Waals surface area contributed by atoms with E-state index in [1.54, 1.807) is 11.3 Å². The molecule has 4 heteroatoms. The monoisotopic (exact) mass is 409 g/mol. The zero-order valence-electron chi connectivity index (χ0n) is 18.9. The average Bonchev–Trinajstić information content (AvgIpc) is 3.37. The summed E-state index contributed by atoms with van der Waals surface area (Å²) in [7, 11) is 0. The van der Waals surface area contributed by atoms with Crippen molar-refractivity contribution in [3.63, 3.8) is 0 Å². The molecule has 29 heavy (non-hydrogen) atoms. The third-order valence-electron chi connectivity index (χ3n) is 3.86. The molecule has 0 saturated carbocycles. The third kappa shape index (κ3) is 8.20. The first-order valence-corrected chi connectivity index (χ1v) is 11.3. The number of hydrogen-bond donors (Lipinski definition) is 0. The van der Waals surface area contributed by atoms with Crippen LogP contribution in [0.1, 0.15) is 63.6 Å². The first kappa shape index (κ1) is 24.6. The zero-order valence-corrected chi connectivity index (χ0v) is 19.7. The van der Waals surface area contributed by atoms with Gasteiger partial charge in [0.15, 0.2) is 0 Å². The standard InChI is InChI=1S/C12H11N3S.C9H12.2C2H6/c1-9-6-13-15(7-9)8-12-14-10-4-2-3-5-11(10)16-12;1-8(2)9-6-4-3-5-7-9;2*1-2/h2-7H,8H2,1H3;3-8H,1-2H3;2*1-2H3. The summed E-state index contributed by atoms with van der Waals surface area (Å²) >= 11 is 1.73. The fraction of sp³-hybridized carbons (Fsp3) is 0.360. The summed E-state index contributed by atoms with van der Waals surface area (Å²) in [4.78, 5) is 4.57. The van der Waals surface area contributed by atoms with Gasteiger partial charge < -0.3 is 0 Å². The summed E-state index contributed by atoms with van der Waals surface area (Å²) < 4.78 is 3.16. The first-order chi connectivity index (χ1) is 14.1. The van der Waals surface area contributed by atoms with Gasteiger partial charge in [0, 0.05) is 6.20 Å². The van der Waals surface area contributed by atoms with Crippen LogP contribution in [-0.2, 0) is 6.54 Å². The molecule has 156 valence electrons. The number of thiazole rings is 1. The van der Waals surface area contributed by atoms with Crippen molar-refractivity contribution in [1.82, 2.24) is 14.8 Å². The lowest BCUT2D eigenvalue weighted by molar-refractivity contribution is 0.684. The normalized spacial score (nSPS) is 9.66. The summed E-state index contributed by atoms with van der Waals surface area (Å²) in [5, 5.41) is 5.37. The average molecular weight is 410 g/mol. The Balaban J connectivity index is 0.000000277. The maximum absolute atomic E-state index is 4.57. The highest BCUT2D eigenvalue weighted by molar-refractivity contribution is 7.18. The van der Waals surface area contributed by atoms with Crippen LogP contribution in [0.3, 0.4) is 0 Å². The molecule has 3 nitrogen and oxygen atoms in total. The number of rotatable bonds is 3. The Labute approximate surface area is 180 Å². The Morgan fingerprint density at radius 1 is 0.897 bits per heavy atom. The van der Waals surface area contributed by atoms with Gasteiger partial charge in [-0.1, -0.05) is 84.0 Å². The number of nitrogens with zero attached hydrogens (tertiary/aromatic N) is 3. The number of benzene rings is 2. The van der Waals surface area contributed by atoms with Gasteiger partial charge in [0.1, 0.15) is 5.01 Å². The predicted molar refractivity (Wildman–Crippen MR) is 129 cm³/mol. The maximum atomic E-state index is 4.57. The van der Waals surface area contributed by atoms with Crippen molar-refractivity contribution in [3.8, 4) is 0 Å². The Kier molecular flexibility index (Phi) is 11.6. The van der Waals surface area contributed by atoms with Crippen molar-refractivity contribution in [2.45, 2.75) is 60.9 Å². The highest BCUT2D eigenvalue weighted by Gasteiger charge is 2.04. The number of para-hydroxylation sites is 1. The van der Waals surface area contributed by atoms with Crippen LogP contribution in [0.4, 0.5) is 0 Å². The van der Waals surface area contributed by atoms with E-state index in [2.05, 4.69) is 54.3 Å². The Hall–Kier alpha value is -2.46. The van der Waals surface area contributed by atoms with Crippen LogP contribution in [0.25, 0.3) is 10.2 Å². The van der Waals surface area contributed by atoms with Crippen LogP contribution in [0.2, 0.25) is 0 Å². The molecule has 0 aliphatic carbocycles. The number of hydrogen-bond acceptors (Lipinski definition) is 3. The summed E-state index contributed by atoms with van der Waals surface area (Å²) in [5.41, 5.74) is 3.67. The summed E-state index contributed by atoms with van der Waals surface area (Å²) in [6, 6.07) is 18.7. The molecular formula is C25H35N3S. The highest BCUT2D eigenvalue weighted by Crippen LogP contribution is 2.22. The van der Waals surface area contributed by atoms with Crippen molar-refractivity contribution in [2.75, 3.05) is 0 Å². The highest BCUT2D eigenvalue weighted by atomic mass is 32.1. The Morgan fingerprint density at radius 2 is 1.52 bits per heavy atom. The van der Waals surface area contributed by atoms with Gasteiger partial charge in [0.05, 0.1) is 23.0 Å². The van der Waals surface area contributed by atoms with E-state index in [1.165, 1.54) is 15.8 Å². The second-order valence-corrected chi connectivity index (χ2v) is 7.47. The van der Waals surface area contributed by atoms with Crippen molar-refractivity contribution in [1.29, 1.82) is 0 Å². The van der Waals surface area contributed by atoms with E-state index in [4.69, 9.17) is 0 Å². The lowest BCUT2D eigenvalue weighted by Crippen LogP contribution is -1.98. The second kappa shape index (κ2) is 13.7. The van der Waals surface area contributed by atoms with Gasteiger partial charge in [-0.25, -0.2) is 4.98 Å². The van der Waals surface area contributed by atoms with E-state index in [1.807, 2.05) is 76.0 Å². The number of fused-ring (bicyclic) bond motifs is 1. The lowest BCUT2D eigenvalue weighted by atomic mass is 10.0. The Bertz CT molecular complexity index is 890. The van der Waals surface area contributed by atoms with Crippen molar-refractivity contribution in [2.24, 2.45) is 0 Å². The minimum absolute atomic E-state index is 0.659. The van der Waals surface area contributed by atoms with Crippen molar-refractivity contribution < 1.29 is 0 Å². The Morgan fingerprint density at radius 3 is 2.03 bits per heavy atom. The maximum Gasteiger partial charge on any atom is 0.115 e. The molecule has 4 rings (SSSR count). The van der Waals surface area contributed by atoms with Crippen LogP contribution >= 0.6 is 11.3 Å². The second-order valence-electron chi connectivity index (χ2n) is 6.36. The van der Waals surface area contributed by atoms with Crippen LogP contribution in [-0.4, -0.2) is 14.8 Å². The molecule has 0 spiro atoms. The van der Waals surface area contributed by atoms with Crippen molar-refractivity contribution >= 4 is 21.6 Å². The molecule has 0 aliphatic heterocycles. The van der Waals surface area contributed by atoms with E-state index in [9.17, 15) is 0 Å². The lowest BCUT2D eigenvalue weighted by Gasteiger charge is -2.01. The molecule has 0 atom stereocenters. The van der Waals surface area contributed by atoms with Crippen LogP contribution < -0.4 is 0 Å². The minimum atomic E-state index is 0.659. The zero-order chi connectivity index (χ0) is 21.6. The SMILES string of the molecule is CC.CC.CC(C)c1ccccc1.Cc1cnn(Cc2nc3ccccc3s2)c1. The summed E-state index contributed by atoms with van der Waals surface area (Å²) in [6.07, 6.45) is 3.90.